The minimum atomic E-state index is -0.0650. The van der Waals surface area contributed by atoms with Crippen LogP contribution in [0.4, 0.5) is 0 Å². The summed E-state index contributed by atoms with van der Waals surface area (Å²) in [5, 5.41) is 13.5. The fraction of sp³-hybridized carbons (Fsp3) is 0.765. The fourth-order valence-electron chi connectivity index (χ4n) is 3.63. The number of amides is 1. The number of ether oxygens (including phenoxy) is 1. The lowest BCUT2D eigenvalue weighted by atomic mass is 10.1. The highest BCUT2D eigenvalue weighted by Crippen LogP contribution is 2.15. The second-order valence-electron chi connectivity index (χ2n) is 6.94. The maximum absolute atomic E-state index is 12.3. The molecule has 1 fully saturated rings. The predicted octanol–water partition coefficient (Wildman–Crippen LogP) is 0.675. The van der Waals surface area contributed by atoms with Gasteiger partial charge in [0, 0.05) is 50.4 Å². The van der Waals surface area contributed by atoms with Crippen molar-refractivity contribution in [2.45, 2.75) is 51.9 Å². The van der Waals surface area contributed by atoms with Gasteiger partial charge >= 0.3 is 0 Å². The highest BCUT2D eigenvalue weighted by atomic mass is 16.5. The van der Waals surface area contributed by atoms with Crippen molar-refractivity contribution in [3.05, 3.63) is 17.0 Å². The van der Waals surface area contributed by atoms with Gasteiger partial charge in [-0.05, 0) is 33.2 Å². The van der Waals surface area contributed by atoms with Crippen LogP contribution in [-0.4, -0.2) is 65.9 Å². The van der Waals surface area contributed by atoms with E-state index >= 15 is 0 Å². The third-order valence-corrected chi connectivity index (χ3v) is 4.70. The number of nitrogens with zero attached hydrogens (tertiary/aromatic N) is 2. The molecule has 3 heterocycles. The highest BCUT2D eigenvalue weighted by molar-refractivity contribution is 5.94. The molecule has 0 bridgehead atoms. The van der Waals surface area contributed by atoms with Crippen LogP contribution in [0.1, 0.15) is 48.4 Å². The Morgan fingerprint density at radius 3 is 2.92 bits per heavy atom. The first-order chi connectivity index (χ1) is 11.6. The van der Waals surface area contributed by atoms with Gasteiger partial charge in [0.2, 0.25) is 0 Å². The molecular formula is C17H29N5O2. The summed E-state index contributed by atoms with van der Waals surface area (Å²) >= 11 is 0. The standard InChI is InChI=1S/C17H29N5O2/c1-12-10-22(11-13(2)24-12)8-4-3-6-19-17(23)16-14-9-18-7-5-15(14)20-21-16/h12-13,18H,3-11H2,1-2H3,(H,19,23)(H,20,21). The first-order valence-corrected chi connectivity index (χ1v) is 9.06. The molecule has 3 rings (SSSR count). The average Bonchev–Trinajstić information content (AvgIpc) is 2.97. The first kappa shape index (κ1) is 17.4. The van der Waals surface area contributed by atoms with E-state index in [-0.39, 0.29) is 5.91 Å². The van der Waals surface area contributed by atoms with Gasteiger partial charge in [-0.1, -0.05) is 0 Å². The molecule has 24 heavy (non-hydrogen) atoms. The number of hydrogen-bond donors (Lipinski definition) is 3. The summed E-state index contributed by atoms with van der Waals surface area (Å²) in [5.74, 6) is -0.0650. The molecule has 0 saturated carbocycles. The molecule has 0 radical (unpaired) electrons. The van der Waals surface area contributed by atoms with Crippen LogP contribution >= 0.6 is 0 Å². The maximum Gasteiger partial charge on any atom is 0.272 e. The fourth-order valence-corrected chi connectivity index (χ4v) is 3.63. The monoisotopic (exact) mass is 335 g/mol. The van der Waals surface area contributed by atoms with Crippen molar-refractivity contribution in [2.75, 3.05) is 32.7 Å². The second kappa shape index (κ2) is 8.09. The largest absolute Gasteiger partial charge is 0.373 e. The summed E-state index contributed by atoms with van der Waals surface area (Å²) in [5.41, 5.74) is 2.66. The van der Waals surface area contributed by atoms with Crippen LogP contribution in [0, 0.1) is 0 Å². The lowest BCUT2D eigenvalue weighted by Gasteiger charge is -2.35. The van der Waals surface area contributed by atoms with Gasteiger partial charge in [0.15, 0.2) is 5.69 Å². The van der Waals surface area contributed by atoms with E-state index in [1.807, 2.05) is 0 Å². The van der Waals surface area contributed by atoms with Crippen molar-refractivity contribution < 1.29 is 9.53 Å². The quantitative estimate of drug-likeness (QED) is 0.666. The molecule has 3 N–H and O–H groups in total. The van der Waals surface area contributed by atoms with Crippen molar-refractivity contribution in [1.29, 1.82) is 0 Å². The molecule has 2 atom stereocenters. The van der Waals surface area contributed by atoms with E-state index in [1.165, 1.54) is 0 Å². The van der Waals surface area contributed by atoms with E-state index in [9.17, 15) is 4.79 Å². The van der Waals surface area contributed by atoms with E-state index in [0.717, 1.165) is 63.2 Å². The molecule has 2 aliphatic heterocycles. The van der Waals surface area contributed by atoms with E-state index in [0.29, 0.717) is 24.4 Å². The minimum Gasteiger partial charge on any atom is -0.373 e. The van der Waals surface area contributed by atoms with Crippen LogP contribution in [0.2, 0.25) is 0 Å². The van der Waals surface area contributed by atoms with Crippen LogP contribution in [0.15, 0.2) is 0 Å². The first-order valence-electron chi connectivity index (χ1n) is 9.06. The number of aromatic nitrogens is 2. The Bertz CT molecular complexity index is 549. The Balaban J connectivity index is 1.36. The van der Waals surface area contributed by atoms with E-state index in [4.69, 9.17) is 4.74 Å². The second-order valence-corrected chi connectivity index (χ2v) is 6.94. The molecule has 1 saturated heterocycles. The number of aromatic amines is 1. The topological polar surface area (TPSA) is 82.3 Å². The molecule has 1 amide bonds. The van der Waals surface area contributed by atoms with Gasteiger partial charge < -0.3 is 15.4 Å². The Labute approximate surface area is 143 Å². The lowest BCUT2D eigenvalue weighted by Crippen LogP contribution is -2.45. The SMILES string of the molecule is CC1CN(CCCCNC(=O)c2n[nH]c3c2CNCC3)CC(C)O1. The van der Waals surface area contributed by atoms with Gasteiger partial charge in [-0.15, -0.1) is 0 Å². The van der Waals surface area contributed by atoms with Gasteiger partial charge in [-0.2, -0.15) is 5.10 Å². The van der Waals surface area contributed by atoms with Gasteiger partial charge in [0.25, 0.3) is 5.91 Å². The van der Waals surface area contributed by atoms with Crippen LogP contribution < -0.4 is 10.6 Å². The molecule has 7 nitrogen and oxygen atoms in total. The van der Waals surface area contributed by atoms with Gasteiger partial charge in [-0.25, -0.2) is 0 Å². The number of carbonyl (C=O) groups is 1. The molecule has 7 heteroatoms. The van der Waals surface area contributed by atoms with Gasteiger partial charge in [0.05, 0.1) is 12.2 Å². The third-order valence-electron chi connectivity index (χ3n) is 4.70. The van der Waals surface area contributed by atoms with Crippen molar-refractivity contribution in [1.82, 2.24) is 25.7 Å². The summed E-state index contributed by atoms with van der Waals surface area (Å²) in [6.45, 7) is 9.69. The summed E-state index contributed by atoms with van der Waals surface area (Å²) < 4.78 is 5.75. The number of fused-ring (bicyclic) bond motifs is 1. The highest BCUT2D eigenvalue weighted by Gasteiger charge is 2.22. The number of rotatable bonds is 6. The maximum atomic E-state index is 12.3. The zero-order valence-corrected chi connectivity index (χ0v) is 14.7. The molecule has 2 unspecified atom stereocenters. The van der Waals surface area contributed by atoms with Gasteiger partial charge in [-0.3, -0.25) is 14.8 Å². The predicted molar refractivity (Wildman–Crippen MR) is 92.0 cm³/mol. The summed E-state index contributed by atoms with van der Waals surface area (Å²) in [4.78, 5) is 14.7. The Kier molecular flexibility index (Phi) is 5.86. The Hall–Kier alpha value is -1.44. The number of morpholine rings is 1. The van der Waals surface area contributed by atoms with E-state index in [2.05, 4.69) is 39.6 Å². The molecule has 0 aromatic carbocycles. The summed E-state index contributed by atoms with van der Waals surface area (Å²) in [6, 6.07) is 0. The minimum absolute atomic E-state index is 0.0650. The van der Waals surface area contributed by atoms with Crippen molar-refractivity contribution >= 4 is 5.91 Å². The smallest absolute Gasteiger partial charge is 0.272 e. The number of H-pyrrole nitrogens is 1. The molecule has 2 aliphatic rings. The molecular weight excluding hydrogens is 306 g/mol. The molecule has 134 valence electrons. The van der Waals surface area contributed by atoms with E-state index in [1.54, 1.807) is 0 Å². The number of hydrogen-bond acceptors (Lipinski definition) is 5. The average molecular weight is 335 g/mol. The number of carbonyl (C=O) groups excluding carboxylic acids is 1. The van der Waals surface area contributed by atoms with Gasteiger partial charge in [0.1, 0.15) is 0 Å². The summed E-state index contributed by atoms with van der Waals surface area (Å²) in [7, 11) is 0. The Morgan fingerprint density at radius 1 is 1.33 bits per heavy atom. The molecule has 0 aliphatic carbocycles. The lowest BCUT2D eigenvalue weighted by molar-refractivity contribution is -0.0681. The molecule has 1 aromatic rings. The van der Waals surface area contributed by atoms with Crippen molar-refractivity contribution in [3.63, 3.8) is 0 Å². The zero-order chi connectivity index (χ0) is 16.9. The van der Waals surface area contributed by atoms with Crippen LogP contribution in [-0.2, 0) is 17.7 Å². The van der Waals surface area contributed by atoms with Crippen molar-refractivity contribution in [3.8, 4) is 0 Å². The van der Waals surface area contributed by atoms with Crippen LogP contribution in [0.3, 0.4) is 0 Å². The van der Waals surface area contributed by atoms with Crippen molar-refractivity contribution in [2.24, 2.45) is 0 Å². The molecule has 0 spiro atoms. The number of unbranched alkanes of at least 4 members (excludes halogenated alkanes) is 1. The summed E-state index contributed by atoms with van der Waals surface area (Å²) in [6.07, 6.45) is 3.60. The van der Waals surface area contributed by atoms with Crippen LogP contribution in [0.5, 0.6) is 0 Å². The van der Waals surface area contributed by atoms with E-state index < -0.39 is 0 Å². The van der Waals surface area contributed by atoms with Crippen LogP contribution in [0.25, 0.3) is 0 Å². The number of nitrogens with one attached hydrogen (secondary N) is 3. The third kappa shape index (κ3) is 4.34. The zero-order valence-electron chi connectivity index (χ0n) is 14.7. The Morgan fingerprint density at radius 2 is 2.12 bits per heavy atom. The molecule has 1 aromatic heterocycles. The normalized spacial score (nSPS) is 24.6.